The summed E-state index contributed by atoms with van der Waals surface area (Å²) in [6.45, 7) is 5.64. The molecule has 1 atom stereocenters. The summed E-state index contributed by atoms with van der Waals surface area (Å²) < 4.78 is 11.6. The second kappa shape index (κ2) is 8.18. The van der Waals surface area contributed by atoms with Gasteiger partial charge in [-0.15, -0.1) is 0 Å². The summed E-state index contributed by atoms with van der Waals surface area (Å²) in [5, 5.41) is 3.42. The fourth-order valence-electron chi connectivity index (χ4n) is 2.31. The van der Waals surface area contributed by atoms with E-state index in [1.807, 2.05) is 12.1 Å². The maximum Gasteiger partial charge on any atom is 0.123 e. The number of ether oxygens (including phenoxy) is 2. The van der Waals surface area contributed by atoms with Gasteiger partial charge in [0.05, 0.1) is 6.10 Å². The average molecular weight is 263 g/mol. The highest BCUT2D eigenvalue weighted by Crippen LogP contribution is 2.20. The predicted molar refractivity (Wildman–Crippen MR) is 77.5 cm³/mol. The first-order valence-electron chi connectivity index (χ1n) is 7.43. The van der Waals surface area contributed by atoms with Crippen LogP contribution in [0.1, 0.15) is 38.2 Å². The number of hydrogen-bond acceptors (Lipinski definition) is 3. The van der Waals surface area contributed by atoms with Crippen LogP contribution in [0.2, 0.25) is 0 Å². The monoisotopic (exact) mass is 263 g/mol. The molecule has 0 bridgehead atoms. The molecule has 3 nitrogen and oxygen atoms in total. The Bertz CT molecular complexity index is 362. The molecule has 1 fully saturated rings. The zero-order valence-electron chi connectivity index (χ0n) is 11.9. The van der Waals surface area contributed by atoms with Gasteiger partial charge in [-0.25, -0.2) is 0 Å². The van der Waals surface area contributed by atoms with Crippen molar-refractivity contribution in [3.05, 3.63) is 29.8 Å². The summed E-state index contributed by atoms with van der Waals surface area (Å²) >= 11 is 0. The molecule has 1 saturated heterocycles. The minimum atomic E-state index is 0.269. The van der Waals surface area contributed by atoms with Crippen LogP contribution < -0.4 is 10.1 Å². The summed E-state index contributed by atoms with van der Waals surface area (Å²) in [5.74, 6) is 0.986. The molecule has 0 aromatic heterocycles. The van der Waals surface area contributed by atoms with Crippen LogP contribution in [0.15, 0.2) is 24.3 Å². The van der Waals surface area contributed by atoms with Crippen LogP contribution in [-0.2, 0) is 11.3 Å². The van der Waals surface area contributed by atoms with Crippen molar-refractivity contribution in [2.45, 2.75) is 45.3 Å². The predicted octanol–water partition coefficient (Wildman–Crippen LogP) is 3.13. The van der Waals surface area contributed by atoms with Gasteiger partial charge in [-0.05, 0) is 38.3 Å². The Kier molecular flexibility index (Phi) is 6.18. The van der Waals surface area contributed by atoms with Crippen molar-refractivity contribution in [1.82, 2.24) is 5.32 Å². The third-order valence-corrected chi connectivity index (χ3v) is 3.41. The molecule has 0 saturated carbocycles. The van der Waals surface area contributed by atoms with E-state index in [4.69, 9.17) is 9.47 Å². The highest BCUT2D eigenvalue weighted by atomic mass is 16.5. The van der Waals surface area contributed by atoms with Gasteiger partial charge in [-0.3, -0.25) is 0 Å². The minimum absolute atomic E-state index is 0.269. The normalized spacial score (nSPS) is 19.3. The molecule has 19 heavy (non-hydrogen) atoms. The Hall–Kier alpha value is -1.06. The van der Waals surface area contributed by atoms with Crippen molar-refractivity contribution in [2.24, 2.45) is 0 Å². The van der Waals surface area contributed by atoms with Crippen molar-refractivity contribution in [2.75, 3.05) is 19.8 Å². The van der Waals surface area contributed by atoms with Crippen LogP contribution in [0.3, 0.4) is 0 Å². The Morgan fingerprint density at radius 1 is 1.32 bits per heavy atom. The Morgan fingerprint density at radius 3 is 3.00 bits per heavy atom. The summed E-state index contributed by atoms with van der Waals surface area (Å²) in [4.78, 5) is 0. The van der Waals surface area contributed by atoms with E-state index < -0.39 is 0 Å². The summed E-state index contributed by atoms with van der Waals surface area (Å²) in [5.41, 5.74) is 1.23. The third kappa shape index (κ3) is 4.84. The summed E-state index contributed by atoms with van der Waals surface area (Å²) in [6.07, 6.45) is 4.99. The molecule has 0 radical (unpaired) electrons. The van der Waals surface area contributed by atoms with E-state index in [0.29, 0.717) is 6.61 Å². The smallest absolute Gasteiger partial charge is 0.123 e. The van der Waals surface area contributed by atoms with Crippen LogP contribution >= 0.6 is 0 Å². The zero-order valence-corrected chi connectivity index (χ0v) is 11.9. The summed E-state index contributed by atoms with van der Waals surface area (Å²) in [7, 11) is 0. The fraction of sp³-hybridized carbons (Fsp3) is 0.625. The standard InChI is InChI=1S/C16H25NO2/c1-2-10-17-12-14-7-3-4-9-16(14)19-13-15-8-5-6-11-18-15/h3-4,7,9,15,17H,2,5-6,8,10-13H2,1H3. The van der Waals surface area contributed by atoms with Crippen molar-refractivity contribution in [3.63, 3.8) is 0 Å². The Balaban J connectivity index is 1.84. The van der Waals surface area contributed by atoms with Gasteiger partial charge in [0.25, 0.3) is 0 Å². The van der Waals surface area contributed by atoms with Gasteiger partial charge in [0, 0.05) is 18.7 Å². The van der Waals surface area contributed by atoms with Gasteiger partial charge in [0.1, 0.15) is 12.4 Å². The number of nitrogens with one attached hydrogen (secondary N) is 1. The first-order chi connectivity index (χ1) is 9.40. The molecular formula is C16H25NO2. The Labute approximate surface area is 116 Å². The summed E-state index contributed by atoms with van der Waals surface area (Å²) in [6, 6.07) is 8.26. The average Bonchev–Trinajstić information content (AvgIpc) is 2.48. The van der Waals surface area contributed by atoms with Crippen molar-refractivity contribution in [3.8, 4) is 5.75 Å². The van der Waals surface area contributed by atoms with Crippen LogP contribution in [0.4, 0.5) is 0 Å². The van der Waals surface area contributed by atoms with Gasteiger partial charge >= 0.3 is 0 Å². The second-order valence-corrected chi connectivity index (χ2v) is 5.08. The molecule has 1 aromatic carbocycles. The van der Waals surface area contributed by atoms with Gasteiger partial charge in [0.2, 0.25) is 0 Å². The van der Waals surface area contributed by atoms with E-state index in [1.165, 1.54) is 18.4 Å². The van der Waals surface area contributed by atoms with E-state index in [-0.39, 0.29) is 6.10 Å². The van der Waals surface area contributed by atoms with E-state index in [0.717, 1.165) is 38.3 Å². The van der Waals surface area contributed by atoms with E-state index >= 15 is 0 Å². The zero-order chi connectivity index (χ0) is 13.3. The minimum Gasteiger partial charge on any atom is -0.491 e. The maximum absolute atomic E-state index is 5.94. The fourth-order valence-corrected chi connectivity index (χ4v) is 2.31. The van der Waals surface area contributed by atoms with Crippen molar-refractivity contribution >= 4 is 0 Å². The lowest BCUT2D eigenvalue weighted by molar-refractivity contribution is -0.0112. The molecular weight excluding hydrogens is 238 g/mol. The molecule has 3 heteroatoms. The highest BCUT2D eigenvalue weighted by molar-refractivity contribution is 5.33. The number of benzene rings is 1. The topological polar surface area (TPSA) is 30.5 Å². The van der Waals surface area contributed by atoms with Crippen LogP contribution in [0.5, 0.6) is 5.75 Å². The first kappa shape index (κ1) is 14.4. The lowest BCUT2D eigenvalue weighted by Crippen LogP contribution is -2.26. The van der Waals surface area contributed by atoms with E-state index in [1.54, 1.807) is 0 Å². The molecule has 0 amide bonds. The van der Waals surface area contributed by atoms with E-state index in [9.17, 15) is 0 Å². The van der Waals surface area contributed by atoms with Crippen LogP contribution in [0, 0.1) is 0 Å². The SMILES string of the molecule is CCCNCc1ccccc1OCC1CCCCO1. The molecule has 1 heterocycles. The molecule has 0 spiro atoms. The quantitative estimate of drug-likeness (QED) is 0.767. The lowest BCUT2D eigenvalue weighted by atomic mass is 10.1. The lowest BCUT2D eigenvalue weighted by Gasteiger charge is -2.23. The molecule has 106 valence electrons. The third-order valence-electron chi connectivity index (χ3n) is 3.41. The number of para-hydroxylation sites is 1. The van der Waals surface area contributed by atoms with Gasteiger partial charge in [0.15, 0.2) is 0 Å². The molecule has 1 N–H and O–H groups in total. The van der Waals surface area contributed by atoms with Gasteiger partial charge < -0.3 is 14.8 Å². The molecule has 1 aromatic rings. The second-order valence-electron chi connectivity index (χ2n) is 5.08. The first-order valence-corrected chi connectivity index (χ1v) is 7.43. The van der Waals surface area contributed by atoms with Crippen LogP contribution in [0.25, 0.3) is 0 Å². The molecule has 1 aliphatic rings. The molecule has 2 rings (SSSR count). The van der Waals surface area contributed by atoms with E-state index in [2.05, 4.69) is 24.4 Å². The van der Waals surface area contributed by atoms with Crippen LogP contribution in [-0.4, -0.2) is 25.9 Å². The van der Waals surface area contributed by atoms with Crippen molar-refractivity contribution < 1.29 is 9.47 Å². The molecule has 1 aliphatic heterocycles. The van der Waals surface area contributed by atoms with Gasteiger partial charge in [-0.2, -0.15) is 0 Å². The number of rotatable bonds is 7. The molecule has 1 unspecified atom stereocenters. The van der Waals surface area contributed by atoms with Gasteiger partial charge in [-0.1, -0.05) is 25.1 Å². The largest absolute Gasteiger partial charge is 0.491 e. The molecule has 0 aliphatic carbocycles. The maximum atomic E-state index is 5.94. The Morgan fingerprint density at radius 2 is 2.21 bits per heavy atom. The number of hydrogen-bond donors (Lipinski definition) is 1. The van der Waals surface area contributed by atoms with Crippen molar-refractivity contribution in [1.29, 1.82) is 0 Å². The highest BCUT2D eigenvalue weighted by Gasteiger charge is 2.15.